The number of carboxylic acid groups (broad SMARTS) is 1. The molecule has 1 fully saturated rings. The Morgan fingerprint density at radius 1 is 1.20 bits per heavy atom. The van der Waals surface area contributed by atoms with E-state index < -0.39 is 5.97 Å². The van der Waals surface area contributed by atoms with Gasteiger partial charge in [0.1, 0.15) is 0 Å². The summed E-state index contributed by atoms with van der Waals surface area (Å²) in [6, 6.07) is 0. The normalized spacial score (nSPS) is 17.1. The van der Waals surface area contributed by atoms with Crippen molar-refractivity contribution in [3.63, 3.8) is 0 Å². The van der Waals surface area contributed by atoms with Crippen LogP contribution in [0.15, 0.2) is 0 Å². The number of aliphatic carboxylic acids is 1. The molecule has 0 saturated heterocycles. The van der Waals surface area contributed by atoms with E-state index in [1.807, 2.05) is 0 Å². The fourth-order valence-electron chi connectivity index (χ4n) is 1.80. The third-order valence-electron chi connectivity index (χ3n) is 2.49. The van der Waals surface area contributed by atoms with Crippen LogP contribution in [0.25, 0.3) is 0 Å². The van der Waals surface area contributed by atoms with Crippen molar-refractivity contribution in [2.24, 2.45) is 11.8 Å². The van der Waals surface area contributed by atoms with E-state index in [4.69, 9.17) is 5.11 Å². The summed E-state index contributed by atoms with van der Waals surface area (Å²) < 4.78 is 0. The highest BCUT2D eigenvalue weighted by Crippen LogP contribution is 2.26. The average molecular weight is 214 g/mol. The van der Waals surface area contributed by atoms with Crippen molar-refractivity contribution in [1.82, 2.24) is 0 Å². The molecular formula is C13H26O2. The van der Waals surface area contributed by atoms with E-state index >= 15 is 0 Å². The van der Waals surface area contributed by atoms with Crippen molar-refractivity contribution in [1.29, 1.82) is 0 Å². The number of rotatable bonds is 3. The molecule has 0 aromatic carbocycles. The fraction of sp³-hybridized carbons (Fsp3) is 0.923. The largest absolute Gasteiger partial charge is 0.481 e. The van der Waals surface area contributed by atoms with Crippen LogP contribution in [0.5, 0.6) is 0 Å². The molecule has 1 aliphatic rings. The van der Waals surface area contributed by atoms with Crippen molar-refractivity contribution < 1.29 is 9.90 Å². The molecule has 0 amide bonds. The van der Waals surface area contributed by atoms with Gasteiger partial charge in [-0.15, -0.1) is 0 Å². The second kappa shape index (κ2) is 8.75. The molecule has 1 saturated carbocycles. The predicted molar refractivity (Wildman–Crippen MR) is 64.0 cm³/mol. The summed E-state index contributed by atoms with van der Waals surface area (Å²) in [6.07, 6.45) is 7.75. The summed E-state index contributed by atoms with van der Waals surface area (Å²) in [5.74, 6) is 0.899. The zero-order chi connectivity index (χ0) is 11.7. The Morgan fingerprint density at radius 2 is 1.67 bits per heavy atom. The van der Waals surface area contributed by atoms with Crippen LogP contribution in [-0.2, 0) is 4.79 Å². The molecular weight excluding hydrogens is 188 g/mol. The van der Waals surface area contributed by atoms with Gasteiger partial charge in [-0.3, -0.25) is 4.79 Å². The molecule has 0 aromatic heterocycles. The van der Waals surface area contributed by atoms with Crippen LogP contribution in [0.4, 0.5) is 0 Å². The molecule has 0 unspecified atom stereocenters. The van der Waals surface area contributed by atoms with E-state index in [1.54, 1.807) is 0 Å². The monoisotopic (exact) mass is 214 g/mol. The maximum atomic E-state index is 10.2. The van der Waals surface area contributed by atoms with E-state index in [-0.39, 0.29) is 0 Å². The predicted octanol–water partition coefficient (Wildman–Crippen LogP) is 4.09. The zero-order valence-corrected chi connectivity index (χ0v) is 10.5. The van der Waals surface area contributed by atoms with Crippen molar-refractivity contribution >= 4 is 5.97 Å². The van der Waals surface area contributed by atoms with Gasteiger partial charge in [0.15, 0.2) is 0 Å². The summed E-state index contributed by atoms with van der Waals surface area (Å²) in [4.78, 5) is 10.2. The Kier molecular flexibility index (Phi) is 8.44. The van der Waals surface area contributed by atoms with Gasteiger partial charge in [-0.25, -0.2) is 0 Å². The summed E-state index contributed by atoms with van der Waals surface area (Å²) in [7, 11) is 0. The highest BCUT2D eigenvalue weighted by atomic mass is 16.4. The maximum absolute atomic E-state index is 10.2. The minimum absolute atomic E-state index is 0.366. The van der Waals surface area contributed by atoms with E-state index in [1.165, 1.54) is 32.1 Å². The Labute approximate surface area is 94.1 Å². The van der Waals surface area contributed by atoms with Crippen LogP contribution >= 0.6 is 0 Å². The van der Waals surface area contributed by atoms with E-state index in [0.29, 0.717) is 12.3 Å². The van der Waals surface area contributed by atoms with Gasteiger partial charge in [0, 0.05) is 6.42 Å². The van der Waals surface area contributed by atoms with Crippen LogP contribution in [0.1, 0.15) is 65.7 Å². The van der Waals surface area contributed by atoms with Crippen molar-refractivity contribution in [3.8, 4) is 0 Å². The average Bonchev–Trinajstić information content (AvgIpc) is 2.15. The Balaban J connectivity index is 0.000000423. The van der Waals surface area contributed by atoms with Crippen LogP contribution in [0, 0.1) is 11.8 Å². The van der Waals surface area contributed by atoms with Gasteiger partial charge in [0.05, 0.1) is 0 Å². The van der Waals surface area contributed by atoms with Gasteiger partial charge in [0.25, 0.3) is 0 Å². The summed E-state index contributed by atoms with van der Waals surface area (Å²) >= 11 is 0. The maximum Gasteiger partial charge on any atom is 0.303 e. The molecule has 0 heterocycles. The standard InChI is InChI=1S/C9H16O2.C4H10/c10-9(11)7-6-8-4-2-1-3-5-8;1-4(2)3/h8H,1-7H2,(H,10,11);4H,1-3H3. The van der Waals surface area contributed by atoms with E-state index in [2.05, 4.69) is 20.8 Å². The molecule has 0 bridgehead atoms. The Morgan fingerprint density at radius 3 is 2.07 bits per heavy atom. The first-order valence-electron chi connectivity index (χ1n) is 6.24. The van der Waals surface area contributed by atoms with Crippen molar-refractivity contribution in [2.75, 3.05) is 0 Å². The smallest absolute Gasteiger partial charge is 0.303 e. The van der Waals surface area contributed by atoms with Crippen molar-refractivity contribution in [2.45, 2.75) is 65.7 Å². The molecule has 1 rings (SSSR count). The topological polar surface area (TPSA) is 37.3 Å². The van der Waals surface area contributed by atoms with Gasteiger partial charge < -0.3 is 5.11 Å². The van der Waals surface area contributed by atoms with Crippen LogP contribution < -0.4 is 0 Å². The van der Waals surface area contributed by atoms with E-state index in [0.717, 1.165) is 12.3 Å². The van der Waals surface area contributed by atoms with Crippen LogP contribution in [0.3, 0.4) is 0 Å². The second-order valence-electron chi connectivity index (χ2n) is 5.17. The Hall–Kier alpha value is -0.530. The summed E-state index contributed by atoms with van der Waals surface area (Å²) in [6.45, 7) is 6.50. The third-order valence-corrected chi connectivity index (χ3v) is 2.49. The second-order valence-corrected chi connectivity index (χ2v) is 5.17. The molecule has 2 heteroatoms. The molecule has 15 heavy (non-hydrogen) atoms. The van der Waals surface area contributed by atoms with Gasteiger partial charge in [-0.1, -0.05) is 52.9 Å². The van der Waals surface area contributed by atoms with Crippen molar-refractivity contribution in [3.05, 3.63) is 0 Å². The Bertz CT molecular complexity index is 155. The van der Waals surface area contributed by atoms with Crippen LogP contribution in [-0.4, -0.2) is 11.1 Å². The summed E-state index contributed by atoms with van der Waals surface area (Å²) in [5.41, 5.74) is 0. The lowest BCUT2D eigenvalue weighted by Crippen LogP contribution is -2.08. The highest BCUT2D eigenvalue weighted by molar-refractivity contribution is 5.66. The molecule has 0 atom stereocenters. The molecule has 1 N–H and O–H groups in total. The van der Waals surface area contributed by atoms with Gasteiger partial charge in [0.2, 0.25) is 0 Å². The molecule has 0 radical (unpaired) electrons. The van der Waals surface area contributed by atoms with Gasteiger partial charge in [-0.05, 0) is 18.3 Å². The lowest BCUT2D eigenvalue weighted by Gasteiger charge is -2.20. The summed E-state index contributed by atoms with van der Waals surface area (Å²) in [5, 5.41) is 8.44. The SMILES string of the molecule is CC(C)C.O=C(O)CCC1CCCCC1. The van der Waals surface area contributed by atoms with Gasteiger partial charge >= 0.3 is 5.97 Å². The number of carbonyl (C=O) groups is 1. The van der Waals surface area contributed by atoms with Crippen LogP contribution in [0.2, 0.25) is 0 Å². The lowest BCUT2D eigenvalue weighted by molar-refractivity contribution is -0.137. The highest BCUT2D eigenvalue weighted by Gasteiger charge is 2.13. The first-order valence-corrected chi connectivity index (χ1v) is 6.24. The van der Waals surface area contributed by atoms with Gasteiger partial charge in [-0.2, -0.15) is 0 Å². The van der Waals surface area contributed by atoms with E-state index in [9.17, 15) is 4.79 Å². The minimum Gasteiger partial charge on any atom is -0.481 e. The quantitative estimate of drug-likeness (QED) is 0.768. The molecule has 1 aliphatic carbocycles. The fourth-order valence-corrected chi connectivity index (χ4v) is 1.80. The zero-order valence-electron chi connectivity index (χ0n) is 10.5. The first-order chi connectivity index (χ1) is 7.02. The first kappa shape index (κ1) is 14.5. The third kappa shape index (κ3) is 11.4. The number of hydrogen-bond donors (Lipinski definition) is 1. The lowest BCUT2D eigenvalue weighted by atomic mass is 9.86. The number of carboxylic acids is 1. The minimum atomic E-state index is -0.643. The molecule has 0 aromatic rings. The molecule has 0 aliphatic heterocycles. The molecule has 90 valence electrons. The number of hydrogen-bond acceptors (Lipinski definition) is 1. The molecule has 2 nitrogen and oxygen atoms in total. The molecule has 0 spiro atoms.